The van der Waals surface area contributed by atoms with Crippen LogP contribution in [0.15, 0.2) is 0 Å². The van der Waals surface area contributed by atoms with E-state index >= 15 is 0 Å². The van der Waals surface area contributed by atoms with Crippen molar-refractivity contribution in [3.8, 4) is 0 Å². The third kappa shape index (κ3) is 1.65. The second-order valence-corrected chi connectivity index (χ2v) is 7.04. The quantitative estimate of drug-likeness (QED) is 0.505. The summed E-state index contributed by atoms with van der Waals surface area (Å²) in [6, 6.07) is 0. The van der Waals surface area contributed by atoms with Crippen LogP contribution in [0.5, 0.6) is 0 Å². The summed E-state index contributed by atoms with van der Waals surface area (Å²) in [6.07, 6.45) is 0. The van der Waals surface area contributed by atoms with Crippen molar-refractivity contribution < 1.29 is 9.09 Å². The lowest BCUT2D eigenvalue weighted by Gasteiger charge is -1.92. The van der Waals surface area contributed by atoms with Crippen LogP contribution in [-0.2, 0) is 9.09 Å². The molecule has 1 atom stereocenters. The lowest BCUT2D eigenvalue weighted by molar-refractivity contribution is 0.369. The van der Waals surface area contributed by atoms with Gasteiger partial charge in [0.25, 0.3) is 0 Å². The molecule has 1 rings (SSSR count). The van der Waals surface area contributed by atoms with E-state index < -0.39 is 5.92 Å². The van der Waals surface area contributed by atoms with Gasteiger partial charge in [-0.2, -0.15) is 0 Å². The van der Waals surface area contributed by atoms with Gasteiger partial charge < -0.3 is 4.52 Å². The Hall–Kier alpha value is 0.830. The molecule has 0 aromatic carbocycles. The first-order valence-electron chi connectivity index (χ1n) is 1.79. The first-order chi connectivity index (χ1) is 3.21. The molecule has 0 aliphatic carbocycles. The molecule has 0 aromatic rings. The second-order valence-electron chi connectivity index (χ2n) is 1.10. The Balaban J connectivity index is 2.57. The highest BCUT2D eigenvalue weighted by Crippen LogP contribution is 2.67. The summed E-state index contributed by atoms with van der Waals surface area (Å²) in [4.78, 5) is 0. The lowest BCUT2D eigenvalue weighted by Crippen LogP contribution is -1.75. The molecule has 2 nitrogen and oxygen atoms in total. The average molecular weight is 159 g/mol. The van der Waals surface area contributed by atoms with Gasteiger partial charge in [0.15, 0.2) is 0 Å². The molecular formula is C2H4ClO2PS. The molecule has 0 radical (unpaired) electrons. The van der Waals surface area contributed by atoms with Crippen molar-refractivity contribution in [3.05, 3.63) is 0 Å². The molecule has 1 fully saturated rings. The predicted molar refractivity (Wildman–Crippen MR) is 31.9 cm³/mol. The number of halogens is 1. The van der Waals surface area contributed by atoms with Crippen LogP contribution >= 0.6 is 28.5 Å². The fourth-order valence-electron chi connectivity index (χ4n) is 0.330. The Morgan fingerprint density at radius 1 is 1.86 bits per heavy atom. The van der Waals surface area contributed by atoms with Crippen molar-refractivity contribution in [2.24, 2.45) is 0 Å². The van der Waals surface area contributed by atoms with E-state index in [4.69, 9.17) is 11.2 Å². The molecule has 1 aliphatic heterocycles. The summed E-state index contributed by atoms with van der Waals surface area (Å²) in [5.41, 5.74) is 0. The van der Waals surface area contributed by atoms with Gasteiger partial charge in [-0.3, -0.25) is 4.57 Å². The van der Waals surface area contributed by atoms with E-state index in [1.165, 1.54) is 11.4 Å². The monoisotopic (exact) mass is 158 g/mol. The molecular weight excluding hydrogens is 155 g/mol. The molecule has 0 saturated carbocycles. The fourth-order valence-corrected chi connectivity index (χ4v) is 3.37. The minimum atomic E-state index is -2.65. The highest BCUT2D eigenvalue weighted by atomic mass is 35.7. The minimum absolute atomic E-state index is 0.533. The fraction of sp³-hybridized carbons (Fsp3) is 1.00. The van der Waals surface area contributed by atoms with Crippen molar-refractivity contribution in [1.29, 1.82) is 0 Å². The molecule has 0 aromatic heterocycles. The van der Waals surface area contributed by atoms with Crippen LogP contribution in [0.3, 0.4) is 0 Å². The summed E-state index contributed by atoms with van der Waals surface area (Å²) in [6.45, 7) is 0.533. The van der Waals surface area contributed by atoms with Crippen LogP contribution in [0.4, 0.5) is 0 Å². The maximum Gasteiger partial charge on any atom is 0.346 e. The number of hydrogen-bond donors (Lipinski definition) is 0. The molecule has 7 heavy (non-hydrogen) atoms. The Labute approximate surface area is 50.6 Å². The molecule has 5 heteroatoms. The van der Waals surface area contributed by atoms with Crippen LogP contribution in [0.2, 0.25) is 0 Å². The molecule has 0 bridgehead atoms. The lowest BCUT2D eigenvalue weighted by atomic mass is 10.9. The van der Waals surface area contributed by atoms with Crippen molar-refractivity contribution in [3.63, 3.8) is 0 Å². The van der Waals surface area contributed by atoms with Crippen molar-refractivity contribution in [1.82, 2.24) is 0 Å². The molecule has 1 unspecified atom stereocenters. The molecule has 0 N–H and O–H groups in total. The summed E-state index contributed by atoms with van der Waals surface area (Å²) < 4.78 is 15.1. The van der Waals surface area contributed by atoms with Gasteiger partial charge >= 0.3 is 5.92 Å². The zero-order valence-corrected chi connectivity index (χ0v) is 5.93. The third-order valence-electron chi connectivity index (χ3n) is 0.574. The maximum atomic E-state index is 10.5. The van der Waals surface area contributed by atoms with E-state index in [9.17, 15) is 4.57 Å². The van der Waals surface area contributed by atoms with Gasteiger partial charge in [-0.15, -0.1) is 0 Å². The SMILES string of the molecule is O=P1(Cl)OCCS1. The summed E-state index contributed by atoms with van der Waals surface area (Å²) in [5, 5.41) is 0. The Kier molecular flexibility index (Phi) is 1.68. The van der Waals surface area contributed by atoms with Crippen molar-refractivity contribution >= 4 is 28.5 Å². The standard InChI is InChI=1S/C2H4ClO2PS/c3-6(4)5-1-2-7-6/h1-2H2. The smallest absolute Gasteiger partial charge is 0.309 e. The highest BCUT2D eigenvalue weighted by Gasteiger charge is 2.25. The third-order valence-corrected chi connectivity index (χ3v) is 4.68. The second kappa shape index (κ2) is 1.98. The van der Waals surface area contributed by atoms with Gasteiger partial charge in [0.05, 0.1) is 6.61 Å². The summed E-state index contributed by atoms with van der Waals surface area (Å²) in [7, 11) is 0. The largest absolute Gasteiger partial charge is 0.346 e. The van der Waals surface area contributed by atoms with E-state index in [1.807, 2.05) is 0 Å². The van der Waals surface area contributed by atoms with Crippen LogP contribution < -0.4 is 0 Å². The van der Waals surface area contributed by atoms with Gasteiger partial charge in [-0.05, 0) is 11.2 Å². The van der Waals surface area contributed by atoms with Gasteiger partial charge in [0.1, 0.15) is 0 Å². The minimum Gasteiger partial charge on any atom is -0.309 e. The van der Waals surface area contributed by atoms with E-state index in [2.05, 4.69) is 4.52 Å². The predicted octanol–water partition coefficient (Wildman–Crippen LogP) is 2.10. The van der Waals surface area contributed by atoms with Crippen LogP contribution in [0.25, 0.3) is 0 Å². The highest BCUT2D eigenvalue weighted by molar-refractivity contribution is 8.64. The molecule has 42 valence electrons. The Morgan fingerprint density at radius 2 is 2.57 bits per heavy atom. The van der Waals surface area contributed by atoms with Gasteiger partial charge in [0.2, 0.25) is 0 Å². The zero-order chi connectivity index (χ0) is 5.33. The maximum absolute atomic E-state index is 10.5. The number of rotatable bonds is 0. The van der Waals surface area contributed by atoms with E-state index in [1.54, 1.807) is 0 Å². The van der Waals surface area contributed by atoms with Crippen LogP contribution in [0, 0.1) is 0 Å². The Morgan fingerprint density at radius 3 is 2.71 bits per heavy atom. The van der Waals surface area contributed by atoms with Crippen molar-refractivity contribution in [2.75, 3.05) is 12.4 Å². The van der Waals surface area contributed by atoms with Gasteiger partial charge in [0, 0.05) is 5.75 Å². The number of hydrogen-bond acceptors (Lipinski definition) is 3. The first kappa shape index (κ1) is 5.96. The zero-order valence-electron chi connectivity index (χ0n) is 3.46. The normalized spacial score (nSPS) is 41.9. The molecule has 0 amide bonds. The Bertz CT molecular complexity index is 106. The van der Waals surface area contributed by atoms with Gasteiger partial charge in [-0.1, -0.05) is 11.4 Å². The van der Waals surface area contributed by atoms with Crippen LogP contribution in [0.1, 0.15) is 0 Å². The summed E-state index contributed by atoms with van der Waals surface area (Å²) >= 11 is 6.46. The molecule has 1 heterocycles. The van der Waals surface area contributed by atoms with Crippen LogP contribution in [-0.4, -0.2) is 12.4 Å². The van der Waals surface area contributed by atoms with E-state index in [0.717, 1.165) is 5.75 Å². The summed E-state index contributed by atoms with van der Waals surface area (Å²) in [5.74, 6) is -1.89. The molecule has 0 spiro atoms. The van der Waals surface area contributed by atoms with E-state index in [-0.39, 0.29) is 0 Å². The topological polar surface area (TPSA) is 26.3 Å². The molecule has 1 aliphatic rings. The van der Waals surface area contributed by atoms with E-state index in [0.29, 0.717) is 6.61 Å². The van der Waals surface area contributed by atoms with Gasteiger partial charge in [-0.25, -0.2) is 0 Å². The average Bonchev–Trinajstić information content (AvgIpc) is 1.84. The first-order valence-corrected chi connectivity index (χ1v) is 5.91. The van der Waals surface area contributed by atoms with Crippen molar-refractivity contribution in [2.45, 2.75) is 0 Å². The molecule has 1 saturated heterocycles.